The topological polar surface area (TPSA) is 244 Å². The first-order valence-corrected chi connectivity index (χ1v) is 47.9. The van der Waals surface area contributed by atoms with E-state index < -0.39 is 0 Å². The highest BCUT2D eigenvalue weighted by molar-refractivity contribution is 5.51. The summed E-state index contributed by atoms with van der Waals surface area (Å²) in [5.41, 5.74) is -0.925. The zero-order chi connectivity index (χ0) is 89.3. The molecule has 6 fully saturated rings. The van der Waals surface area contributed by atoms with Gasteiger partial charge in [0.2, 0.25) is 53.5 Å². The highest BCUT2D eigenvalue weighted by Crippen LogP contribution is 2.43. The van der Waals surface area contributed by atoms with Crippen molar-refractivity contribution in [2.24, 2.45) is 41.4 Å². The molecule has 9 rings (SSSR count). The van der Waals surface area contributed by atoms with Crippen LogP contribution >= 0.6 is 0 Å². The molecule has 3 aromatic heterocycles. The van der Waals surface area contributed by atoms with E-state index in [1.54, 1.807) is 0 Å². The summed E-state index contributed by atoms with van der Waals surface area (Å²) in [5.74, 6) is 9.16. The van der Waals surface area contributed by atoms with Crippen molar-refractivity contribution in [3.05, 3.63) is 0 Å². The molecular formula is C96H182N24. The highest BCUT2D eigenvalue weighted by atomic mass is 15.4. The number of rotatable bonds is 38. The lowest BCUT2D eigenvalue weighted by atomic mass is 9.79. The van der Waals surface area contributed by atoms with E-state index in [2.05, 4.69) is 327 Å². The summed E-state index contributed by atoms with van der Waals surface area (Å²) in [6, 6.07) is 1.34. The molecule has 24 nitrogen and oxygen atoms in total. The van der Waals surface area contributed by atoms with Crippen molar-refractivity contribution in [3.8, 4) is 0 Å². The predicted octanol–water partition coefficient (Wildman–Crippen LogP) is 18.1. The van der Waals surface area contributed by atoms with Gasteiger partial charge in [-0.2, -0.15) is 44.9 Å². The molecule has 6 aliphatic heterocycles. The van der Waals surface area contributed by atoms with Crippen LogP contribution in [0.1, 0.15) is 358 Å². The Labute approximate surface area is 733 Å². The van der Waals surface area contributed by atoms with Crippen LogP contribution in [0.4, 0.5) is 53.5 Å². The van der Waals surface area contributed by atoms with Crippen molar-refractivity contribution in [3.63, 3.8) is 0 Å². The van der Waals surface area contributed by atoms with Gasteiger partial charge >= 0.3 is 0 Å². The summed E-state index contributed by atoms with van der Waals surface area (Å²) in [7, 11) is 0. The largest absolute Gasteiger partial charge is 0.354 e. The molecule has 0 aromatic carbocycles. The molecule has 0 aliphatic carbocycles. The maximum absolute atomic E-state index is 5.74. The third-order valence-corrected chi connectivity index (χ3v) is 25.3. The van der Waals surface area contributed by atoms with Crippen LogP contribution in [-0.4, -0.2) is 206 Å². The van der Waals surface area contributed by atoms with Crippen molar-refractivity contribution in [1.82, 2.24) is 76.8 Å². The predicted molar refractivity (Wildman–Crippen MR) is 511 cm³/mol. The van der Waals surface area contributed by atoms with Crippen LogP contribution in [0.3, 0.4) is 0 Å². The van der Waals surface area contributed by atoms with Gasteiger partial charge in [-0.1, -0.05) is 89.5 Å². The Bertz CT molecular complexity index is 3430. The monoisotopic (exact) mass is 1670 g/mol. The minimum atomic E-state index is -0.0869. The van der Waals surface area contributed by atoms with Gasteiger partial charge in [-0.25, -0.2) is 0 Å². The molecule has 1 unspecified atom stereocenters. The first-order chi connectivity index (χ1) is 55.0. The van der Waals surface area contributed by atoms with Crippen molar-refractivity contribution in [2.45, 2.75) is 461 Å². The molecule has 3 aromatic rings. The Kier molecular flexibility index (Phi) is 31.5. The van der Waals surface area contributed by atoms with Crippen molar-refractivity contribution in [2.75, 3.05) is 104 Å². The van der Waals surface area contributed by atoms with Crippen molar-refractivity contribution < 1.29 is 0 Å². The average Bonchev–Trinajstić information content (AvgIpc) is 0.807. The molecule has 1 atom stereocenters. The van der Waals surface area contributed by atoms with E-state index in [4.69, 9.17) is 44.9 Å². The molecule has 0 spiro atoms. The molecule has 0 saturated carbocycles. The van der Waals surface area contributed by atoms with Gasteiger partial charge < -0.3 is 77.3 Å². The van der Waals surface area contributed by atoms with E-state index in [0.717, 1.165) is 191 Å². The van der Waals surface area contributed by atoms with Crippen molar-refractivity contribution >= 4 is 53.5 Å². The maximum Gasteiger partial charge on any atom is 0.232 e. The quantitative estimate of drug-likeness (QED) is 0.0242. The van der Waals surface area contributed by atoms with E-state index in [1.807, 2.05) is 0 Å². The number of anilines is 9. The number of aromatic nitrogens is 9. The molecule has 0 bridgehead atoms. The second kappa shape index (κ2) is 38.3. The summed E-state index contributed by atoms with van der Waals surface area (Å²) in [6.45, 7) is 91.9. The third-order valence-electron chi connectivity index (χ3n) is 25.3. The van der Waals surface area contributed by atoms with Gasteiger partial charge in [-0.05, 0) is 310 Å². The second-order valence-electron chi connectivity index (χ2n) is 49.5. The van der Waals surface area contributed by atoms with E-state index in [-0.39, 0.29) is 109 Å². The van der Waals surface area contributed by atoms with Gasteiger partial charge in [-0.15, -0.1) is 0 Å². The molecule has 0 radical (unpaired) electrons. The Morgan fingerprint density at radius 1 is 0.242 bits per heavy atom. The Morgan fingerprint density at radius 3 is 0.592 bits per heavy atom. The third kappa shape index (κ3) is 29.5. The smallest absolute Gasteiger partial charge is 0.232 e. The Hall–Kier alpha value is -5.01. The van der Waals surface area contributed by atoms with Crippen LogP contribution in [0.2, 0.25) is 0 Å². The molecule has 0 amide bonds. The average molecular weight is 1670 g/mol. The summed E-state index contributed by atoms with van der Waals surface area (Å²) >= 11 is 0. The van der Waals surface area contributed by atoms with Crippen LogP contribution in [-0.2, 0) is 0 Å². The normalized spacial score (nSPS) is 23.1. The summed E-state index contributed by atoms with van der Waals surface area (Å²) in [4.78, 5) is 66.0. The minimum absolute atomic E-state index is 0.0689. The molecule has 6 aliphatic rings. The number of nitrogens with zero attached hydrogens (tertiary/aromatic N) is 15. The highest BCUT2D eigenvalue weighted by Gasteiger charge is 2.49. The first-order valence-electron chi connectivity index (χ1n) is 47.9. The van der Waals surface area contributed by atoms with Gasteiger partial charge in [0, 0.05) is 162 Å². The lowest BCUT2D eigenvalue weighted by molar-refractivity contribution is 0.155. The molecular weight excluding hydrogens is 1490 g/mol. The van der Waals surface area contributed by atoms with E-state index in [0.29, 0.717) is 66.4 Å². The van der Waals surface area contributed by atoms with Gasteiger partial charge in [0.05, 0.1) is 0 Å². The van der Waals surface area contributed by atoms with E-state index in [1.165, 1.54) is 0 Å². The SMILES string of the molecule is CC(C)CN(c1nc(NCCCCC(CCCNc2nc(N(CC(C)C)C3CC(C)(C)NC(C)(C)C3)nc(N(CC(C)C)C3CC(C)(C)NC(C)(C)C3)n2)CNc2nc(N(CC(C)C)C3CC(C)(C)NC(C)(C)C3)nc(N(CC(C)C)C3CC(C)(C)NC(C)(C)C3)n2)nc(N(CC(C)C)C2CC(C)(C)NC(C)(C)C2)n1)C1CC(C)(C)NC(C)(C)C1. The van der Waals surface area contributed by atoms with Crippen molar-refractivity contribution in [1.29, 1.82) is 0 Å². The van der Waals surface area contributed by atoms with Gasteiger partial charge in [0.15, 0.2) is 0 Å². The number of hydrogen-bond donors (Lipinski definition) is 9. The summed E-state index contributed by atoms with van der Waals surface area (Å²) in [6.07, 6.45) is 16.5. The van der Waals surface area contributed by atoms with Crippen LogP contribution in [0, 0.1) is 41.4 Å². The van der Waals surface area contributed by atoms with E-state index >= 15 is 0 Å². The van der Waals surface area contributed by atoms with Crippen LogP contribution in [0.25, 0.3) is 0 Å². The lowest BCUT2D eigenvalue weighted by Gasteiger charge is -2.50. The fourth-order valence-electron chi connectivity index (χ4n) is 23.7. The maximum atomic E-state index is 5.74. The fraction of sp³-hybridized carbons (Fsp3) is 0.906. The zero-order valence-electron chi connectivity index (χ0n) is 83.6. The minimum Gasteiger partial charge on any atom is -0.354 e. The standard InChI is InChI=1S/C96H182N24/c1-63(2)57-115(70-44-85(13,14)109-86(15,16)45-70)79-100-76(101-80(106-79)116(58-64(3)4)71-46-87(17,18)110-88(19,20)47-71)97-42-38-37-40-69(56-99-78-104-83(119(61-67(9)10)74-52-93(29,30)113-94(31,32)53-74)108-84(105-78)120(62-68(11)12)75-54-95(33,34)114-96(35,36)55-75)41-39-43-98-77-102-81(117(59-65(5)6)72-48-89(21,22)111-90(23,24)49-72)107-82(103-77)118(60-66(7)8)73-50-91(25,26)112-92(27,28)51-73/h63-75,109-114H,37-62H2,1-36H3,(H,97,100,101,106)(H,98,102,103,107)(H,99,104,105,108). The molecule has 120 heavy (non-hydrogen) atoms. The zero-order valence-corrected chi connectivity index (χ0v) is 83.6. The molecule has 24 heteroatoms. The first kappa shape index (κ1) is 98.8. The lowest BCUT2D eigenvalue weighted by Crippen LogP contribution is -2.63. The van der Waals surface area contributed by atoms with Gasteiger partial charge in [-0.3, -0.25) is 0 Å². The van der Waals surface area contributed by atoms with Crippen LogP contribution in [0.5, 0.6) is 0 Å². The van der Waals surface area contributed by atoms with Crippen LogP contribution in [0.15, 0.2) is 0 Å². The van der Waals surface area contributed by atoms with Crippen LogP contribution < -0.4 is 77.3 Å². The fourth-order valence-corrected chi connectivity index (χ4v) is 23.7. The molecule has 686 valence electrons. The van der Waals surface area contributed by atoms with Gasteiger partial charge in [0.1, 0.15) is 0 Å². The molecule has 9 N–H and O–H groups in total. The Morgan fingerprint density at radius 2 is 0.408 bits per heavy atom. The number of hydrogen-bond acceptors (Lipinski definition) is 24. The van der Waals surface area contributed by atoms with E-state index in [9.17, 15) is 0 Å². The number of piperidine rings is 6. The Balaban J connectivity index is 1.10. The van der Waals surface area contributed by atoms with Gasteiger partial charge in [0.25, 0.3) is 0 Å². The number of nitrogens with one attached hydrogen (secondary N) is 9. The summed E-state index contributed by atoms with van der Waals surface area (Å²) < 4.78 is 0. The number of unbranched alkanes of at least 4 members (excludes halogenated alkanes) is 1. The molecule has 9 heterocycles. The summed E-state index contributed by atoms with van der Waals surface area (Å²) in [5, 5.41) is 35.9. The second-order valence-corrected chi connectivity index (χ2v) is 49.5. The molecule has 6 saturated heterocycles.